The van der Waals surface area contributed by atoms with Gasteiger partial charge in [-0.15, -0.1) is 10.2 Å². The van der Waals surface area contributed by atoms with Crippen molar-refractivity contribution in [3.63, 3.8) is 0 Å². The monoisotopic (exact) mass is 271 g/mol. The molecule has 0 saturated heterocycles. The first kappa shape index (κ1) is 12.3. The number of fused-ring (bicyclic) bond motifs is 1. The molecule has 2 heterocycles. The topological polar surface area (TPSA) is 101 Å². The Balaban J connectivity index is 1.70. The maximum Gasteiger partial charge on any atom is 0.240 e. The van der Waals surface area contributed by atoms with Crippen LogP contribution < -0.4 is 5.32 Å². The molecule has 2 N–H and O–H groups in total. The van der Waals surface area contributed by atoms with Crippen LogP contribution in [0.1, 0.15) is 18.8 Å². The number of hydrogen-bond donors (Lipinski definition) is 2. The average Bonchev–Trinajstić information content (AvgIpc) is 3.09. The molecule has 0 spiro atoms. The van der Waals surface area contributed by atoms with Crippen LogP contribution in [-0.4, -0.2) is 36.1 Å². The summed E-state index contributed by atoms with van der Waals surface area (Å²) in [4.78, 5) is 16.3. The standard InChI is InChI=1S/C12H13N7O/c1-8(12-15-17-18-16-12)14-11(20)6-19-7-13-9-4-2-3-5-10(9)19/h2-5,7-8H,6H2,1H3,(H,14,20)(H,15,16,17,18). The molecule has 0 saturated carbocycles. The molecule has 1 atom stereocenters. The van der Waals surface area contributed by atoms with Gasteiger partial charge in [-0.25, -0.2) is 4.98 Å². The van der Waals surface area contributed by atoms with E-state index in [1.165, 1.54) is 0 Å². The van der Waals surface area contributed by atoms with E-state index < -0.39 is 0 Å². The molecule has 0 aliphatic heterocycles. The summed E-state index contributed by atoms with van der Waals surface area (Å²) in [7, 11) is 0. The van der Waals surface area contributed by atoms with Crippen LogP contribution >= 0.6 is 0 Å². The fourth-order valence-corrected chi connectivity index (χ4v) is 2.00. The van der Waals surface area contributed by atoms with Gasteiger partial charge in [0.05, 0.1) is 23.4 Å². The Labute approximate surface area is 114 Å². The van der Waals surface area contributed by atoms with E-state index >= 15 is 0 Å². The zero-order chi connectivity index (χ0) is 13.9. The van der Waals surface area contributed by atoms with Crippen LogP contribution in [0.3, 0.4) is 0 Å². The Morgan fingerprint density at radius 2 is 2.30 bits per heavy atom. The quantitative estimate of drug-likeness (QED) is 0.716. The molecule has 0 aliphatic carbocycles. The normalized spacial score (nSPS) is 12.4. The summed E-state index contributed by atoms with van der Waals surface area (Å²) >= 11 is 0. The van der Waals surface area contributed by atoms with E-state index in [1.54, 1.807) is 17.8 Å². The highest BCUT2D eigenvalue weighted by molar-refractivity contribution is 5.80. The first-order valence-corrected chi connectivity index (χ1v) is 6.16. The predicted octanol–water partition coefficient (Wildman–Crippen LogP) is 0.427. The summed E-state index contributed by atoms with van der Waals surface area (Å²) in [6.45, 7) is 2.00. The SMILES string of the molecule is CC(NC(=O)Cn1cnc2ccccc21)c1nn[nH]n1. The van der Waals surface area contributed by atoms with Gasteiger partial charge in [0.2, 0.25) is 5.91 Å². The van der Waals surface area contributed by atoms with Crippen molar-refractivity contribution in [1.82, 2.24) is 35.5 Å². The number of carbonyl (C=O) groups excluding carboxylic acids is 1. The Morgan fingerprint density at radius 1 is 1.45 bits per heavy atom. The molecule has 102 valence electrons. The molecule has 1 amide bonds. The van der Waals surface area contributed by atoms with E-state index in [2.05, 4.69) is 30.9 Å². The molecule has 0 bridgehead atoms. The number of nitrogens with one attached hydrogen (secondary N) is 2. The molecule has 3 aromatic rings. The molecule has 3 rings (SSSR count). The van der Waals surface area contributed by atoms with Gasteiger partial charge in [0.1, 0.15) is 6.54 Å². The zero-order valence-corrected chi connectivity index (χ0v) is 10.8. The number of tetrazole rings is 1. The third-order valence-electron chi connectivity index (χ3n) is 2.97. The maximum atomic E-state index is 12.0. The van der Waals surface area contributed by atoms with Gasteiger partial charge in [-0.1, -0.05) is 17.3 Å². The third kappa shape index (κ3) is 2.35. The fraction of sp³-hybridized carbons (Fsp3) is 0.250. The summed E-state index contributed by atoms with van der Waals surface area (Å²) in [5.74, 6) is 0.319. The summed E-state index contributed by atoms with van der Waals surface area (Å²) < 4.78 is 1.80. The van der Waals surface area contributed by atoms with Crippen LogP contribution in [0.5, 0.6) is 0 Å². The summed E-state index contributed by atoms with van der Waals surface area (Å²) in [5, 5.41) is 16.3. The third-order valence-corrected chi connectivity index (χ3v) is 2.97. The van der Waals surface area contributed by atoms with Crippen molar-refractivity contribution in [2.45, 2.75) is 19.5 Å². The van der Waals surface area contributed by atoms with Crippen LogP contribution in [0.15, 0.2) is 30.6 Å². The summed E-state index contributed by atoms with van der Waals surface area (Å²) in [5.41, 5.74) is 1.79. The van der Waals surface area contributed by atoms with Gasteiger partial charge in [-0.05, 0) is 19.1 Å². The molecule has 1 unspecified atom stereocenters. The molecular formula is C12H13N7O. The Bertz CT molecular complexity index is 718. The first-order chi connectivity index (χ1) is 9.74. The lowest BCUT2D eigenvalue weighted by Gasteiger charge is -2.10. The van der Waals surface area contributed by atoms with Crippen LogP contribution in [-0.2, 0) is 11.3 Å². The van der Waals surface area contributed by atoms with E-state index in [1.807, 2.05) is 24.3 Å². The first-order valence-electron chi connectivity index (χ1n) is 6.16. The lowest BCUT2D eigenvalue weighted by Crippen LogP contribution is -2.30. The highest BCUT2D eigenvalue weighted by atomic mass is 16.2. The second-order valence-corrected chi connectivity index (χ2v) is 4.42. The predicted molar refractivity (Wildman–Crippen MR) is 70.5 cm³/mol. The molecule has 1 aromatic carbocycles. The largest absolute Gasteiger partial charge is 0.345 e. The van der Waals surface area contributed by atoms with Gasteiger partial charge in [-0.2, -0.15) is 5.21 Å². The lowest BCUT2D eigenvalue weighted by atomic mass is 10.3. The van der Waals surface area contributed by atoms with Crippen molar-refractivity contribution in [2.75, 3.05) is 0 Å². The Kier molecular flexibility index (Phi) is 3.12. The number of hydrogen-bond acceptors (Lipinski definition) is 5. The minimum absolute atomic E-state index is 0.134. The molecule has 2 aromatic heterocycles. The molecule has 8 heteroatoms. The van der Waals surface area contributed by atoms with Crippen molar-refractivity contribution < 1.29 is 4.79 Å². The smallest absolute Gasteiger partial charge is 0.240 e. The molecular weight excluding hydrogens is 258 g/mol. The van der Waals surface area contributed by atoms with E-state index in [-0.39, 0.29) is 18.5 Å². The fourth-order valence-electron chi connectivity index (χ4n) is 2.00. The van der Waals surface area contributed by atoms with Gasteiger partial charge >= 0.3 is 0 Å². The average molecular weight is 271 g/mol. The zero-order valence-electron chi connectivity index (χ0n) is 10.8. The van der Waals surface area contributed by atoms with Crippen LogP contribution in [0.25, 0.3) is 11.0 Å². The number of nitrogens with zero attached hydrogens (tertiary/aromatic N) is 5. The van der Waals surface area contributed by atoms with Crippen molar-refractivity contribution >= 4 is 16.9 Å². The molecule has 20 heavy (non-hydrogen) atoms. The number of rotatable bonds is 4. The van der Waals surface area contributed by atoms with Crippen LogP contribution in [0, 0.1) is 0 Å². The minimum atomic E-state index is -0.295. The van der Waals surface area contributed by atoms with E-state index in [0.29, 0.717) is 5.82 Å². The molecule has 0 fully saturated rings. The van der Waals surface area contributed by atoms with E-state index in [4.69, 9.17) is 0 Å². The van der Waals surface area contributed by atoms with Crippen LogP contribution in [0.2, 0.25) is 0 Å². The second-order valence-electron chi connectivity index (χ2n) is 4.42. The Hall–Kier alpha value is -2.77. The van der Waals surface area contributed by atoms with Gasteiger partial charge < -0.3 is 9.88 Å². The van der Waals surface area contributed by atoms with Crippen LogP contribution in [0.4, 0.5) is 0 Å². The van der Waals surface area contributed by atoms with E-state index in [0.717, 1.165) is 11.0 Å². The number of imidazole rings is 1. The summed E-state index contributed by atoms with van der Waals surface area (Å²) in [6.07, 6.45) is 1.66. The highest BCUT2D eigenvalue weighted by Gasteiger charge is 2.14. The van der Waals surface area contributed by atoms with Gasteiger partial charge in [-0.3, -0.25) is 4.79 Å². The lowest BCUT2D eigenvalue weighted by molar-refractivity contribution is -0.122. The molecule has 0 radical (unpaired) electrons. The maximum absolute atomic E-state index is 12.0. The number of H-pyrrole nitrogens is 1. The Morgan fingerprint density at radius 3 is 3.10 bits per heavy atom. The summed E-state index contributed by atoms with van der Waals surface area (Å²) in [6, 6.07) is 7.37. The molecule has 8 nitrogen and oxygen atoms in total. The van der Waals surface area contributed by atoms with Crippen molar-refractivity contribution in [3.05, 3.63) is 36.4 Å². The number of amides is 1. The van der Waals surface area contributed by atoms with Crippen molar-refractivity contribution in [3.8, 4) is 0 Å². The van der Waals surface area contributed by atoms with Crippen molar-refractivity contribution in [1.29, 1.82) is 0 Å². The number of carbonyl (C=O) groups is 1. The van der Waals surface area contributed by atoms with Gasteiger partial charge in [0.25, 0.3) is 0 Å². The van der Waals surface area contributed by atoms with Gasteiger partial charge in [0.15, 0.2) is 5.82 Å². The number of aromatic nitrogens is 6. The van der Waals surface area contributed by atoms with E-state index in [9.17, 15) is 4.79 Å². The minimum Gasteiger partial charge on any atom is -0.345 e. The number of aromatic amines is 1. The highest BCUT2D eigenvalue weighted by Crippen LogP contribution is 2.11. The number of para-hydroxylation sites is 2. The van der Waals surface area contributed by atoms with Gasteiger partial charge in [0, 0.05) is 0 Å². The van der Waals surface area contributed by atoms with Crippen molar-refractivity contribution in [2.24, 2.45) is 0 Å². The second kappa shape index (κ2) is 5.08. The molecule has 0 aliphatic rings. The number of benzene rings is 1.